The van der Waals surface area contributed by atoms with Gasteiger partial charge in [0.05, 0.1) is 12.1 Å². The van der Waals surface area contributed by atoms with Crippen LogP contribution in [0.4, 0.5) is 5.69 Å². The molecule has 5 heteroatoms. The summed E-state index contributed by atoms with van der Waals surface area (Å²) in [6, 6.07) is 20.4. The fourth-order valence-electron chi connectivity index (χ4n) is 3.95. The molecule has 0 saturated carbocycles. The minimum absolute atomic E-state index is 0.190. The van der Waals surface area contributed by atoms with Gasteiger partial charge in [-0.3, -0.25) is 14.8 Å². The number of hydrogen-bond donors (Lipinski definition) is 0. The van der Waals surface area contributed by atoms with Crippen molar-refractivity contribution in [3.05, 3.63) is 90.5 Å². The second-order valence-corrected chi connectivity index (χ2v) is 7.55. The highest BCUT2D eigenvalue weighted by Gasteiger charge is 2.26. The molecular formula is C24H26N4O. The summed E-state index contributed by atoms with van der Waals surface area (Å²) in [5.74, 6) is 0.490. The molecule has 3 aromatic rings. The fourth-order valence-corrected chi connectivity index (χ4v) is 3.95. The SMILES string of the molecule is O=C(Cc1ccccc1)N1CCN(c2ccccc2)C[C@@H](Cc2cnccn2)C1. The molecule has 148 valence electrons. The molecule has 1 saturated heterocycles. The van der Waals surface area contributed by atoms with Crippen LogP contribution in [-0.4, -0.2) is 47.0 Å². The first-order valence-corrected chi connectivity index (χ1v) is 10.1. The van der Waals surface area contributed by atoms with Gasteiger partial charge in [-0.2, -0.15) is 0 Å². The van der Waals surface area contributed by atoms with Crippen LogP contribution in [0.15, 0.2) is 79.3 Å². The number of nitrogens with zero attached hydrogens (tertiary/aromatic N) is 4. The molecule has 5 nitrogen and oxygen atoms in total. The van der Waals surface area contributed by atoms with Crippen molar-refractivity contribution in [2.75, 3.05) is 31.1 Å². The maximum atomic E-state index is 13.0. The molecule has 0 N–H and O–H groups in total. The maximum Gasteiger partial charge on any atom is 0.227 e. The second kappa shape index (κ2) is 9.32. The van der Waals surface area contributed by atoms with Gasteiger partial charge < -0.3 is 9.80 Å². The van der Waals surface area contributed by atoms with Crippen molar-refractivity contribution in [1.82, 2.24) is 14.9 Å². The molecule has 0 aliphatic carbocycles. The van der Waals surface area contributed by atoms with Gasteiger partial charge in [0, 0.05) is 50.5 Å². The Morgan fingerprint density at radius 2 is 1.69 bits per heavy atom. The van der Waals surface area contributed by atoms with Crippen LogP contribution in [0, 0.1) is 5.92 Å². The molecule has 0 spiro atoms. The first-order valence-electron chi connectivity index (χ1n) is 10.1. The van der Waals surface area contributed by atoms with Gasteiger partial charge in [0.2, 0.25) is 5.91 Å². The number of benzene rings is 2. The average Bonchev–Trinajstić information content (AvgIpc) is 2.99. The summed E-state index contributed by atoms with van der Waals surface area (Å²) in [5.41, 5.74) is 3.24. The monoisotopic (exact) mass is 386 g/mol. The molecule has 1 atom stereocenters. The van der Waals surface area contributed by atoms with E-state index in [-0.39, 0.29) is 5.91 Å². The normalized spacial score (nSPS) is 17.0. The molecular weight excluding hydrogens is 360 g/mol. The molecule has 1 aliphatic heterocycles. The summed E-state index contributed by atoms with van der Waals surface area (Å²) >= 11 is 0. The van der Waals surface area contributed by atoms with Gasteiger partial charge in [-0.1, -0.05) is 48.5 Å². The molecule has 2 aromatic carbocycles. The molecule has 1 fully saturated rings. The lowest BCUT2D eigenvalue weighted by atomic mass is 10.0. The fraction of sp³-hybridized carbons (Fsp3) is 0.292. The number of amides is 1. The van der Waals surface area contributed by atoms with E-state index in [4.69, 9.17) is 0 Å². The summed E-state index contributed by atoms with van der Waals surface area (Å²) in [7, 11) is 0. The first-order chi connectivity index (χ1) is 14.3. The highest BCUT2D eigenvalue weighted by atomic mass is 16.2. The van der Waals surface area contributed by atoms with Crippen molar-refractivity contribution in [1.29, 1.82) is 0 Å². The Morgan fingerprint density at radius 1 is 0.931 bits per heavy atom. The van der Waals surface area contributed by atoms with E-state index in [0.29, 0.717) is 12.3 Å². The number of carbonyl (C=O) groups is 1. The van der Waals surface area contributed by atoms with Crippen LogP contribution in [0.25, 0.3) is 0 Å². The quantitative estimate of drug-likeness (QED) is 0.676. The zero-order valence-electron chi connectivity index (χ0n) is 16.5. The smallest absolute Gasteiger partial charge is 0.227 e. The van der Waals surface area contributed by atoms with E-state index in [9.17, 15) is 4.79 Å². The zero-order chi connectivity index (χ0) is 19.9. The van der Waals surface area contributed by atoms with Crippen LogP contribution in [-0.2, 0) is 17.6 Å². The van der Waals surface area contributed by atoms with Gasteiger partial charge in [0.15, 0.2) is 0 Å². The third kappa shape index (κ3) is 5.19. The number of carbonyl (C=O) groups excluding carboxylic acids is 1. The van der Waals surface area contributed by atoms with Crippen molar-refractivity contribution >= 4 is 11.6 Å². The molecule has 0 radical (unpaired) electrons. The van der Waals surface area contributed by atoms with Crippen molar-refractivity contribution in [2.45, 2.75) is 12.8 Å². The van der Waals surface area contributed by atoms with Crippen molar-refractivity contribution < 1.29 is 4.79 Å². The predicted octanol–water partition coefficient (Wildman–Crippen LogP) is 3.23. The number of aromatic nitrogens is 2. The van der Waals surface area contributed by atoms with Gasteiger partial charge in [-0.05, 0) is 30.0 Å². The average molecular weight is 386 g/mol. The number of hydrogen-bond acceptors (Lipinski definition) is 4. The van der Waals surface area contributed by atoms with Crippen molar-refractivity contribution in [3.8, 4) is 0 Å². The van der Waals surface area contributed by atoms with Gasteiger partial charge in [0.25, 0.3) is 0 Å². The molecule has 1 aliphatic rings. The predicted molar refractivity (Wildman–Crippen MR) is 115 cm³/mol. The van der Waals surface area contributed by atoms with Gasteiger partial charge >= 0.3 is 0 Å². The minimum Gasteiger partial charge on any atom is -0.369 e. The van der Waals surface area contributed by atoms with E-state index >= 15 is 0 Å². The third-order valence-electron chi connectivity index (χ3n) is 5.38. The summed E-state index contributed by atoms with van der Waals surface area (Å²) in [6.07, 6.45) is 6.52. The Labute approximate surface area is 172 Å². The molecule has 2 heterocycles. The highest BCUT2D eigenvalue weighted by Crippen LogP contribution is 2.21. The van der Waals surface area contributed by atoms with Gasteiger partial charge in [-0.25, -0.2) is 0 Å². The summed E-state index contributed by atoms with van der Waals surface area (Å²) in [4.78, 5) is 26.1. The van der Waals surface area contributed by atoms with Crippen molar-refractivity contribution in [3.63, 3.8) is 0 Å². The van der Waals surface area contributed by atoms with Gasteiger partial charge in [-0.15, -0.1) is 0 Å². The molecule has 1 amide bonds. The molecule has 4 rings (SSSR count). The Balaban J connectivity index is 1.51. The van der Waals surface area contributed by atoms with Crippen LogP contribution in [0.3, 0.4) is 0 Å². The Morgan fingerprint density at radius 3 is 2.41 bits per heavy atom. The Bertz CT molecular complexity index is 902. The summed E-state index contributed by atoms with van der Waals surface area (Å²) in [5, 5.41) is 0. The number of rotatable bonds is 5. The van der Waals surface area contributed by atoms with E-state index in [0.717, 1.165) is 43.9 Å². The maximum absolute atomic E-state index is 13.0. The number of anilines is 1. The van der Waals surface area contributed by atoms with E-state index in [1.54, 1.807) is 12.4 Å². The summed E-state index contributed by atoms with van der Waals surface area (Å²) < 4.78 is 0. The minimum atomic E-state index is 0.190. The summed E-state index contributed by atoms with van der Waals surface area (Å²) in [6.45, 7) is 3.21. The molecule has 1 aromatic heterocycles. The van der Waals surface area contributed by atoms with E-state index < -0.39 is 0 Å². The molecule has 0 bridgehead atoms. The third-order valence-corrected chi connectivity index (χ3v) is 5.38. The van der Waals surface area contributed by atoms with E-state index in [2.05, 4.69) is 39.1 Å². The Hall–Kier alpha value is -3.21. The van der Waals surface area contributed by atoms with Crippen LogP contribution < -0.4 is 4.90 Å². The topological polar surface area (TPSA) is 49.3 Å². The highest BCUT2D eigenvalue weighted by molar-refractivity contribution is 5.79. The van der Waals surface area contributed by atoms with Crippen LogP contribution in [0.5, 0.6) is 0 Å². The number of para-hydroxylation sites is 1. The molecule has 0 unspecified atom stereocenters. The first kappa shape index (κ1) is 19.1. The lowest BCUT2D eigenvalue weighted by Crippen LogP contribution is -2.37. The lowest BCUT2D eigenvalue weighted by Gasteiger charge is -2.25. The largest absolute Gasteiger partial charge is 0.369 e. The van der Waals surface area contributed by atoms with Crippen LogP contribution in [0.1, 0.15) is 11.3 Å². The van der Waals surface area contributed by atoms with E-state index in [1.807, 2.05) is 47.5 Å². The Kier molecular flexibility index (Phi) is 6.15. The zero-order valence-corrected chi connectivity index (χ0v) is 16.5. The standard InChI is InChI=1S/C24H26N4O/c29-24(16-20-7-3-1-4-8-20)28-14-13-27(23-9-5-2-6-10-23)18-21(19-28)15-22-17-25-11-12-26-22/h1-12,17,21H,13-16,18-19H2/t21-/m1/s1. The second-order valence-electron chi connectivity index (χ2n) is 7.55. The van der Waals surface area contributed by atoms with Crippen LogP contribution in [0.2, 0.25) is 0 Å². The van der Waals surface area contributed by atoms with Crippen LogP contribution >= 0.6 is 0 Å². The van der Waals surface area contributed by atoms with E-state index in [1.165, 1.54) is 5.69 Å². The van der Waals surface area contributed by atoms with Gasteiger partial charge in [0.1, 0.15) is 0 Å². The lowest BCUT2D eigenvalue weighted by molar-refractivity contribution is -0.130. The van der Waals surface area contributed by atoms with Crippen molar-refractivity contribution in [2.24, 2.45) is 5.92 Å². The molecule has 29 heavy (non-hydrogen) atoms.